The molecule has 3 heteroatoms. The van der Waals surface area contributed by atoms with E-state index in [0.717, 1.165) is 16.5 Å². The Kier molecular flexibility index (Phi) is 3.73. The summed E-state index contributed by atoms with van der Waals surface area (Å²) in [7, 11) is 0. The first kappa shape index (κ1) is 13.4. The Hall–Kier alpha value is -2.55. The average molecular weight is 279 g/mol. The summed E-state index contributed by atoms with van der Waals surface area (Å²) < 4.78 is 5.78. The zero-order valence-corrected chi connectivity index (χ0v) is 11.9. The van der Waals surface area contributed by atoms with Gasteiger partial charge in [-0.25, -0.2) is 0 Å². The van der Waals surface area contributed by atoms with Crippen molar-refractivity contribution in [2.24, 2.45) is 0 Å². The van der Waals surface area contributed by atoms with Crippen molar-refractivity contribution in [1.29, 1.82) is 0 Å². The Bertz CT molecular complexity index is 806. The number of rotatable bonds is 4. The topological polar surface area (TPSA) is 42.1 Å². The average Bonchev–Trinajstić information content (AvgIpc) is 2.52. The second-order valence-electron chi connectivity index (χ2n) is 4.90. The summed E-state index contributed by atoms with van der Waals surface area (Å²) in [5.41, 5.74) is 2.50. The Labute approximate surface area is 123 Å². The van der Waals surface area contributed by atoms with E-state index in [9.17, 15) is 4.79 Å². The van der Waals surface area contributed by atoms with Crippen molar-refractivity contribution in [2.75, 3.05) is 6.61 Å². The van der Waals surface area contributed by atoms with E-state index in [4.69, 9.17) is 4.74 Å². The van der Waals surface area contributed by atoms with Crippen LogP contribution >= 0.6 is 0 Å². The first-order valence-corrected chi connectivity index (χ1v) is 7.10. The molecule has 1 N–H and O–H groups in total. The summed E-state index contributed by atoms with van der Waals surface area (Å²) >= 11 is 0. The number of benzene rings is 2. The highest BCUT2D eigenvalue weighted by atomic mass is 16.5. The Morgan fingerprint density at radius 2 is 1.71 bits per heavy atom. The Morgan fingerprint density at radius 3 is 2.48 bits per heavy atom. The molecule has 3 aromatic rings. The van der Waals surface area contributed by atoms with Gasteiger partial charge in [-0.2, -0.15) is 0 Å². The molecule has 3 rings (SSSR count). The number of ether oxygens (including phenoxy) is 1. The van der Waals surface area contributed by atoms with Gasteiger partial charge in [0.25, 0.3) is 5.56 Å². The molecule has 0 unspecified atom stereocenters. The van der Waals surface area contributed by atoms with Crippen LogP contribution in [0.2, 0.25) is 0 Å². The predicted octanol–water partition coefficient (Wildman–Crippen LogP) is 3.52. The van der Waals surface area contributed by atoms with E-state index in [2.05, 4.69) is 4.98 Å². The maximum atomic E-state index is 12.4. The monoisotopic (exact) mass is 279 g/mol. The molecule has 0 saturated carbocycles. The van der Waals surface area contributed by atoms with Crippen LogP contribution in [0.5, 0.6) is 5.75 Å². The minimum Gasteiger partial charge on any atom is -0.493 e. The van der Waals surface area contributed by atoms with E-state index in [1.165, 1.54) is 0 Å². The van der Waals surface area contributed by atoms with E-state index in [1.807, 2.05) is 61.5 Å². The van der Waals surface area contributed by atoms with Crippen LogP contribution in [-0.2, 0) is 6.42 Å². The molecule has 1 aromatic heterocycles. The third-order valence-corrected chi connectivity index (χ3v) is 3.48. The molecule has 0 amide bonds. The van der Waals surface area contributed by atoms with Gasteiger partial charge in [-0.05, 0) is 24.6 Å². The molecule has 0 saturated heterocycles. The van der Waals surface area contributed by atoms with Crippen LogP contribution in [0.1, 0.15) is 18.1 Å². The second-order valence-corrected chi connectivity index (χ2v) is 4.90. The van der Waals surface area contributed by atoms with E-state index in [-0.39, 0.29) is 5.56 Å². The van der Waals surface area contributed by atoms with E-state index >= 15 is 0 Å². The first-order chi connectivity index (χ1) is 10.3. The van der Waals surface area contributed by atoms with Gasteiger partial charge in [0, 0.05) is 11.8 Å². The van der Waals surface area contributed by atoms with Crippen molar-refractivity contribution in [3.8, 4) is 5.75 Å². The van der Waals surface area contributed by atoms with E-state index in [0.29, 0.717) is 24.3 Å². The number of nitrogens with one attached hydrogen (secondary N) is 1. The highest BCUT2D eigenvalue weighted by Gasteiger charge is 2.14. The number of aromatic nitrogens is 1. The van der Waals surface area contributed by atoms with Gasteiger partial charge >= 0.3 is 0 Å². The van der Waals surface area contributed by atoms with Crippen molar-refractivity contribution in [1.82, 2.24) is 4.98 Å². The highest BCUT2D eigenvalue weighted by molar-refractivity contribution is 5.86. The molecule has 3 nitrogen and oxygen atoms in total. The summed E-state index contributed by atoms with van der Waals surface area (Å²) in [5, 5.41) is 0.949. The fourth-order valence-electron chi connectivity index (χ4n) is 2.52. The van der Waals surface area contributed by atoms with Gasteiger partial charge in [0.2, 0.25) is 0 Å². The maximum absolute atomic E-state index is 12.4. The van der Waals surface area contributed by atoms with Crippen LogP contribution in [0.25, 0.3) is 10.9 Å². The lowest BCUT2D eigenvalue weighted by molar-refractivity contribution is 0.340. The standard InChI is InChI=1S/C18H17NO2/c1-2-21-17-14-10-6-7-11-16(14)19-18(20)15(17)12-13-8-4-3-5-9-13/h3-11H,2,12H2,1H3,(H,19,20). The molecule has 0 radical (unpaired) electrons. The number of hydrogen-bond donors (Lipinski definition) is 1. The summed E-state index contributed by atoms with van der Waals surface area (Å²) in [6, 6.07) is 17.7. The molecular formula is C18H17NO2. The molecule has 1 heterocycles. The molecule has 2 aromatic carbocycles. The Morgan fingerprint density at radius 1 is 1.00 bits per heavy atom. The molecular weight excluding hydrogens is 262 g/mol. The molecule has 0 spiro atoms. The van der Waals surface area contributed by atoms with Crippen molar-refractivity contribution in [3.63, 3.8) is 0 Å². The lowest BCUT2D eigenvalue weighted by atomic mass is 10.0. The fourth-order valence-corrected chi connectivity index (χ4v) is 2.52. The molecule has 106 valence electrons. The van der Waals surface area contributed by atoms with Gasteiger partial charge in [0.05, 0.1) is 17.7 Å². The molecule has 21 heavy (non-hydrogen) atoms. The quantitative estimate of drug-likeness (QED) is 0.794. The molecule has 0 atom stereocenters. The Balaban J connectivity index is 2.18. The zero-order valence-electron chi connectivity index (χ0n) is 11.9. The molecule has 0 fully saturated rings. The predicted molar refractivity (Wildman–Crippen MR) is 85.0 cm³/mol. The van der Waals surface area contributed by atoms with Gasteiger partial charge in [-0.1, -0.05) is 42.5 Å². The number of H-pyrrole nitrogens is 1. The fraction of sp³-hybridized carbons (Fsp3) is 0.167. The number of pyridine rings is 1. The second kappa shape index (κ2) is 5.83. The van der Waals surface area contributed by atoms with E-state index < -0.39 is 0 Å². The van der Waals surface area contributed by atoms with Crippen LogP contribution in [0.15, 0.2) is 59.4 Å². The van der Waals surface area contributed by atoms with Crippen molar-refractivity contribution in [3.05, 3.63) is 76.1 Å². The molecule has 0 aliphatic carbocycles. The van der Waals surface area contributed by atoms with Crippen molar-refractivity contribution >= 4 is 10.9 Å². The maximum Gasteiger partial charge on any atom is 0.255 e. The van der Waals surface area contributed by atoms with Crippen LogP contribution in [0, 0.1) is 0 Å². The highest BCUT2D eigenvalue weighted by Crippen LogP contribution is 2.27. The van der Waals surface area contributed by atoms with Crippen LogP contribution in [0.3, 0.4) is 0 Å². The summed E-state index contributed by atoms with van der Waals surface area (Å²) in [5.74, 6) is 0.695. The van der Waals surface area contributed by atoms with Gasteiger partial charge in [0.15, 0.2) is 0 Å². The largest absolute Gasteiger partial charge is 0.493 e. The normalized spacial score (nSPS) is 10.7. The first-order valence-electron chi connectivity index (χ1n) is 7.10. The number of hydrogen-bond acceptors (Lipinski definition) is 2. The van der Waals surface area contributed by atoms with Crippen LogP contribution in [0.4, 0.5) is 0 Å². The lowest BCUT2D eigenvalue weighted by Crippen LogP contribution is -2.15. The number of aromatic amines is 1. The van der Waals surface area contributed by atoms with Gasteiger partial charge in [-0.15, -0.1) is 0 Å². The smallest absolute Gasteiger partial charge is 0.255 e. The third kappa shape index (κ3) is 2.68. The number of fused-ring (bicyclic) bond motifs is 1. The zero-order chi connectivity index (χ0) is 14.7. The summed E-state index contributed by atoms with van der Waals surface area (Å²) in [4.78, 5) is 15.3. The molecule has 0 aliphatic heterocycles. The third-order valence-electron chi connectivity index (χ3n) is 3.48. The van der Waals surface area contributed by atoms with Crippen molar-refractivity contribution < 1.29 is 4.74 Å². The van der Waals surface area contributed by atoms with Gasteiger partial charge in [-0.3, -0.25) is 4.79 Å². The minimum absolute atomic E-state index is 0.0824. The molecule has 0 aliphatic rings. The lowest BCUT2D eigenvalue weighted by Gasteiger charge is -2.12. The van der Waals surface area contributed by atoms with Crippen LogP contribution < -0.4 is 10.3 Å². The summed E-state index contributed by atoms with van der Waals surface area (Å²) in [6.45, 7) is 2.47. The van der Waals surface area contributed by atoms with Gasteiger partial charge in [0.1, 0.15) is 5.75 Å². The number of para-hydroxylation sites is 1. The van der Waals surface area contributed by atoms with Crippen LogP contribution in [-0.4, -0.2) is 11.6 Å². The SMILES string of the molecule is CCOc1c(Cc2ccccc2)c(=O)[nH]c2ccccc12. The molecule has 0 bridgehead atoms. The van der Waals surface area contributed by atoms with Crippen molar-refractivity contribution in [2.45, 2.75) is 13.3 Å². The van der Waals surface area contributed by atoms with E-state index in [1.54, 1.807) is 0 Å². The minimum atomic E-state index is -0.0824. The van der Waals surface area contributed by atoms with Gasteiger partial charge < -0.3 is 9.72 Å². The summed E-state index contributed by atoms with van der Waals surface area (Å²) in [6.07, 6.45) is 0.566.